The van der Waals surface area contributed by atoms with Crippen molar-refractivity contribution in [1.29, 1.82) is 0 Å². The molecular weight excluding hydrogens is 1480 g/mol. The fourth-order valence-corrected chi connectivity index (χ4v) is 28.3. The van der Waals surface area contributed by atoms with Crippen LogP contribution in [0.5, 0.6) is 23.0 Å². The third kappa shape index (κ3) is 18.2. The van der Waals surface area contributed by atoms with Gasteiger partial charge in [0.25, 0.3) is 6.43 Å². The smallest absolute Gasteiger partial charge is 0.395 e. The number of fused-ring (bicyclic) bond motifs is 2. The molecule has 0 aromatic heterocycles. The van der Waals surface area contributed by atoms with Crippen LogP contribution >= 0.6 is 31.7 Å². The van der Waals surface area contributed by atoms with Crippen LogP contribution in [0.2, 0.25) is 0 Å². The minimum atomic E-state index is -4.89. The molecule has 0 N–H and O–H groups in total. The quantitative estimate of drug-likeness (QED) is 0.0549. The molecule has 21 heteroatoms. The van der Waals surface area contributed by atoms with Gasteiger partial charge in [-0.25, -0.2) is 8.78 Å². The van der Waals surface area contributed by atoms with E-state index in [1.807, 2.05) is 128 Å². The summed E-state index contributed by atoms with van der Waals surface area (Å²) in [5.41, 5.74) is 0.120. The second-order valence-corrected chi connectivity index (χ2v) is 37.4. The predicted molar refractivity (Wildman–Crippen MR) is 400 cm³/mol. The number of benzene rings is 9. The first-order valence-corrected chi connectivity index (χ1v) is 41.6. The van der Waals surface area contributed by atoms with E-state index in [0.29, 0.717) is 33.6 Å². The van der Waals surface area contributed by atoms with Crippen molar-refractivity contribution in [3.05, 3.63) is 234 Å². The summed E-state index contributed by atoms with van der Waals surface area (Å²) in [6.45, 7) is 3.49. The fourth-order valence-electron chi connectivity index (χ4n) is 16.2. The molecule has 4 fully saturated rings. The average Bonchev–Trinajstić information content (AvgIpc) is 1.64. The molecule has 0 radical (unpaired) electrons. The molecule has 9 aromatic carbocycles. The van der Waals surface area contributed by atoms with E-state index in [1.54, 1.807) is 25.1 Å². The topological polar surface area (TPSA) is 36.9 Å². The first-order chi connectivity index (χ1) is 50.0. The summed E-state index contributed by atoms with van der Waals surface area (Å²) < 4.78 is 194. The molecule has 0 spiro atoms. The van der Waals surface area contributed by atoms with Crippen molar-refractivity contribution in [2.45, 2.75) is 184 Å². The fraction of sp³-hybridized carbons (Fsp3) is 0.357. The van der Waals surface area contributed by atoms with Gasteiger partial charge in [-0.3, -0.25) is 0 Å². The SMILES string of the molecule is C1CCCC1.Cc1cc([P@](c2cc(C(F)F)cc(C(F)(F)F)c2)[C@H](C)C2CCCC2c2ccccc2P(C2CCCCC2)C2CCCCC2)cc(C(F)(F)F)c1.FC1(F)Oc2ccc(P(c3ccccc3)c3ccccc3)c(-c3c(P(c4ccccc4)c4ccccc4)ccc4c3OC(F)(F)O4)c2O1.[Fe]. The molecule has 9 aromatic rings. The van der Waals surface area contributed by atoms with Gasteiger partial charge in [0, 0.05) is 33.8 Å². The second kappa shape index (κ2) is 34.0. The van der Waals surface area contributed by atoms with Gasteiger partial charge in [-0.1, -0.05) is 244 Å². The van der Waals surface area contributed by atoms with Crippen molar-refractivity contribution in [2.24, 2.45) is 5.92 Å². The van der Waals surface area contributed by atoms with E-state index in [-0.39, 0.29) is 79.3 Å². The van der Waals surface area contributed by atoms with E-state index in [2.05, 4.69) is 24.3 Å². The van der Waals surface area contributed by atoms with Gasteiger partial charge in [0.2, 0.25) is 0 Å². The van der Waals surface area contributed by atoms with Gasteiger partial charge >= 0.3 is 24.9 Å². The second-order valence-electron chi connectivity index (χ2n) is 27.7. The molecule has 15 rings (SSSR count). The molecule has 6 aliphatic rings. The number of hydrogen-bond acceptors (Lipinski definition) is 4. The Labute approximate surface area is 622 Å². The van der Waals surface area contributed by atoms with Crippen LogP contribution in [0.4, 0.5) is 52.7 Å². The molecular formula is C84H82F12FeO4P4. The van der Waals surface area contributed by atoms with Crippen molar-refractivity contribution in [3.8, 4) is 34.1 Å². The zero-order chi connectivity index (χ0) is 72.9. The molecule has 0 bridgehead atoms. The molecule has 4 atom stereocenters. The van der Waals surface area contributed by atoms with Crippen molar-refractivity contribution < 1.29 is 88.7 Å². The van der Waals surface area contributed by atoms with Gasteiger partial charge in [0.15, 0.2) is 23.0 Å². The normalized spacial score (nSPS) is 19.0. The zero-order valence-electron chi connectivity index (χ0n) is 58.1. The third-order valence-electron chi connectivity index (χ3n) is 20.7. The van der Waals surface area contributed by atoms with Crippen LogP contribution in [0.1, 0.15) is 163 Å². The first-order valence-electron chi connectivity index (χ1n) is 36.0. The summed E-state index contributed by atoms with van der Waals surface area (Å²) in [5.74, 6) is -0.903. The van der Waals surface area contributed by atoms with Crippen molar-refractivity contribution in [1.82, 2.24) is 0 Å². The minimum Gasteiger partial charge on any atom is -0.395 e. The summed E-state index contributed by atoms with van der Waals surface area (Å²) in [7, 11) is -5.26. The maximum absolute atomic E-state index is 15.0. The molecule has 2 heterocycles. The molecule has 4 nitrogen and oxygen atoms in total. The summed E-state index contributed by atoms with van der Waals surface area (Å²) >= 11 is 0. The average molecular weight is 1560 g/mol. The van der Waals surface area contributed by atoms with E-state index >= 15 is 0 Å². The predicted octanol–water partition coefficient (Wildman–Crippen LogP) is 22.6. The van der Waals surface area contributed by atoms with Gasteiger partial charge in [0.05, 0.1) is 11.1 Å². The van der Waals surface area contributed by atoms with Gasteiger partial charge in [0.1, 0.15) is 0 Å². The van der Waals surface area contributed by atoms with Crippen LogP contribution in [0.3, 0.4) is 0 Å². The maximum Gasteiger partial charge on any atom is 0.586 e. The Balaban J connectivity index is 0.000000183. The monoisotopic (exact) mass is 1560 g/mol. The van der Waals surface area contributed by atoms with Gasteiger partial charge in [-0.05, 0) is 211 Å². The summed E-state index contributed by atoms with van der Waals surface area (Å²) in [5, 5.41) is 6.60. The summed E-state index contributed by atoms with van der Waals surface area (Å²) in [4.78, 5) is 0. The zero-order valence-corrected chi connectivity index (χ0v) is 62.8. The third-order valence-corrected chi connectivity index (χ3v) is 32.1. The standard InChI is InChI=1S/C41H48F8P2.C38H24F4O4P2.C5H10.Fe/c1-26-20-29(40(44,45)46)24-33(21-26)50(34-23-28(39(42)43)22-30(25-34)41(47,48)49)27(2)35-17-11-18-36(35)37-16-9-10-19-38(37)51(31-12-5-3-6-13-31)32-14-7-4-8-15-32;39-37(40)43-29-21-23-31(47(25-13-5-1-6-14-25)26-15-7-2-8-16-26)33(35(29)45-37)34-32(24-22-30-36(34)46-38(41,42)44-30)48(27-17-9-3-10-18-27)28-19-11-4-12-20-28;1-2-4-5-3-1;/h9-10,16,19-25,27,31-32,35-36,39H,3-8,11-15,17-18H2,1-2H3;1-24H;1-5H2;/t27-,35?,36?,50-;;;/m1.../s1. The Morgan fingerprint density at radius 1 is 0.400 bits per heavy atom. The van der Waals surface area contributed by atoms with Gasteiger partial charge < -0.3 is 18.9 Å². The Morgan fingerprint density at radius 3 is 1.21 bits per heavy atom. The van der Waals surface area contributed by atoms with E-state index in [1.165, 1.54) is 119 Å². The van der Waals surface area contributed by atoms with Crippen LogP contribution in [0.25, 0.3) is 11.1 Å². The maximum atomic E-state index is 15.0. The molecule has 2 unspecified atom stereocenters. The van der Waals surface area contributed by atoms with Crippen LogP contribution < -0.4 is 66.7 Å². The Kier molecular flexibility index (Phi) is 25.3. The van der Waals surface area contributed by atoms with Crippen molar-refractivity contribution in [3.63, 3.8) is 0 Å². The Hall–Kier alpha value is -6.42. The minimum absolute atomic E-state index is 0. The molecule has 0 saturated heterocycles. The number of alkyl halides is 12. The Bertz CT molecular complexity index is 4110. The molecule has 105 heavy (non-hydrogen) atoms. The molecule has 4 saturated carbocycles. The summed E-state index contributed by atoms with van der Waals surface area (Å²) in [6.07, 6.45) is 1.88. The van der Waals surface area contributed by atoms with Gasteiger partial charge in [-0.2, -0.15) is 26.3 Å². The van der Waals surface area contributed by atoms with Crippen molar-refractivity contribution >= 4 is 79.4 Å². The Morgan fingerprint density at radius 2 is 0.790 bits per heavy atom. The van der Waals surface area contributed by atoms with Crippen LogP contribution in [0, 0.1) is 12.8 Å². The molecule has 4 aliphatic carbocycles. The molecule has 0 amide bonds. The number of halogens is 12. The van der Waals surface area contributed by atoms with Crippen molar-refractivity contribution in [2.75, 3.05) is 0 Å². The van der Waals surface area contributed by atoms with Crippen LogP contribution in [-0.2, 0) is 29.4 Å². The molecule has 2 aliphatic heterocycles. The summed E-state index contributed by atoms with van der Waals surface area (Å²) in [6, 6.07) is 59.8. The largest absolute Gasteiger partial charge is 0.586 e. The van der Waals surface area contributed by atoms with Crippen LogP contribution in [-0.4, -0.2) is 29.6 Å². The number of hydrogen-bond donors (Lipinski definition) is 0. The van der Waals surface area contributed by atoms with E-state index in [0.717, 1.165) is 64.7 Å². The number of ether oxygens (including phenoxy) is 4. The van der Waals surface area contributed by atoms with Gasteiger partial charge in [-0.15, -0.1) is 17.6 Å². The number of rotatable bonds is 16. The van der Waals surface area contributed by atoms with Crippen LogP contribution in [0.15, 0.2) is 206 Å². The molecule has 554 valence electrons. The van der Waals surface area contributed by atoms with E-state index in [9.17, 15) is 52.7 Å². The van der Waals surface area contributed by atoms with E-state index in [4.69, 9.17) is 18.9 Å². The first kappa shape index (κ1) is 78.2. The number of aryl methyl sites for hydroxylation is 1. The van der Waals surface area contributed by atoms with E-state index < -0.39 is 79.7 Å².